The van der Waals surface area contributed by atoms with Crippen molar-refractivity contribution in [3.63, 3.8) is 0 Å². The van der Waals surface area contributed by atoms with Crippen LogP contribution in [0.3, 0.4) is 0 Å². The molecule has 1 aliphatic heterocycles. The molecule has 146 valence electrons. The summed E-state index contributed by atoms with van der Waals surface area (Å²) in [5, 5.41) is 9.22. The van der Waals surface area contributed by atoms with Gasteiger partial charge in [-0.3, -0.25) is 9.59 Å². The highest BCUT2D eigenvalue weighted by molar-refractivity contribution is 5.94. The molecule has 0 atom stereocenters. The Bertz CT molecular complexity index is 891. The predicted molar refractivity (Wildman–Crippen MR) is 101 cm³/mol. The Hall–Kier alpha value is -3.22. The van der Waals surface area contributed by atoms with Crippen LogP contribution in [0.5, 0.6) is 0 Å². The molecule has 1 N–H and O–H groups in total. The number of aromatic carboxylic acids is 1. The summed E-state index contributed by atoms with van der Waals surface area (Å²) in [6.45, 7) is 1.57. The number of piperazine rings is 1. The molecular weight excluding hydrogens is 363 g/mol. The van der Waals surface area contributed by atoms with Gasteiger partial charge in [-0.2, -0.15) is 0 Å². The second-order valence-corrected chi connectivity index (χ2v) is 6.65. The predicted octanol–water partition coefficient (Wildman–Crippen LogP) is 2.44. The molecule has 7 heteroatoms. The maximum Gasteiger partial charge on any atom is 0.335 e. The van der Waals surface area contributed by atoms with Crippen molar-refractivity contribution >= 4 is 17.8 Å². The number of carbonyl (C=O) groups is 3. The quantitative estimate of drug-likeness (QED) is 0.859. The van der Waals surface area contributed by atoms with Gasteiger partial charge in [-0.15, -0.1) is 0 Å². The number of carboxylic acids is 1. The molecule has 0 radical (unpaired) electrons. The first-order chi connectivity index (χ1) is 13.5. The van der Waals surface area contributed by atoms with Crippen molar-refractivity contribution in [3.8, 4) is 0 Å². The van der Waals surface area contributed by atoms with E-state index in [9.17, 15) is 23.9 Å². The van der Waals surface area contributed by atoms with Gasteiger partial charge in [0.05, 0.1) is 5.56 Å². The highest BCUT2D eigenvalue weighted by Crippen LogP contribution is 2.14. The molecule has 1 saturated heterocycles. The van der Waals surface area contributed by atoms with Gasteiger partial charge in [0, 0.05) is 38.2 Å². The summed E-state index contributed by atoms with van der Waals surface area (Å²) in [6.07, 6.45) is 0.561. The van der Waals surface area contributed by atoms with E-state index >= 15 is 0 Å². The average molecular weight is 384 g/mol. The number of carbonyl (C=O) groups excluding carboxylic acids is 2. The van der Waals surface area contributed by atoms with Crippen molar-refractivity contribution in [3.05, 3.63) is 71.0 Å². The molecule has 0 spiro atoms. The molecule has 2 aromatic carbocycles. The molecule has 6 nitrogen and oxygen atoms in total. The van der Waals surface area contributed by atoms with E-state index in [1.165, 1.54) is 24.3 Å². The molecule has 0 saturated carbocycles. The minimum Gasteiger partial charge on any atom is -0.478 e. The Morgan fingerprint density at radius 2 is 1.61 bits per heavy atom. The van der Waals surface area contributed by atoms with Gasteiger partial charge in [0.1, 0.15) is 5.82 Å². The normalized spacial score (nSPS) is 14.0. The minimum atomic E-state index is -1.01. The number of aryl methyl sites for hydroxylation is 1. The lowest BCUT2D eigenvalue weighted by Crippen LogP contribution is -2.50. The third kappa shape index (κ3) is 4.54. The number of rotatable bonds is 5. The fraction of sp³-hybridized carbons (Fsp3) is 0.286. The molecule has 0 aliphatic carbocycles. The first kappa shape index (κ1) is 19.5. The van der Waals surface area contributed by atoms with Gasteiger partial charge in [0.25, 0.3) is 5.91 Å². The molecule has 1 fully saturated rings. The van der Waals surface area contributed by atoms with Crippen LogP contribution in [0, 0.1) is 5.82 Å². The van der Waals surface area contributed by atoms with Gasteiger partial charge in [0.2, 0.25) is 5.91 Å². The zero-order chi connectivity index (χ0) is 20.1. The van der Waals surface area contributed by atoms with Crippen LogP contribution in [0.25, 0.3) is 0 Å². The number of hydrogen-bond acceptors (Lipinski definition) is 3. The largest absolute Gasteiger partial charge is 0.478 e. The first-order valence-corrected chi connectivity index (χ1v) is 9.09. The number of nitrogens with zero attached hydrogens (tertiary/aromatic N) is 2. The SMILES string of the molecule is O=C(O)c1ccccc1CCC(=O)N1CCN(C(=O)c2cccc(F)c2)CC1. The van der Waals surface area contributed by atoms with Gasteiger partial charge in [-0.25, -0.2) is 9.18 Å². The Morgan fingerprint density at radius 3 is 2.29 bits per heavy atom. The van der Waals surface area contributed by atoms with E-state index in [-0.39, 0.29) is 23.8 Å². The fourth-order valence-electron chi connectivity index (χ4n) is 3.31. The maximum absolute atomic E-state index is 13.3. The van der Waals surface area contributed by atoms with Crippen LogP contribution in [-0.2, 0) is 11.2 Å². The summed E-state index contributed by atoms with van der Waals surface area (Å²) < 4.78 is 13.3. The lowest BCUT2D eigenvalue weighted by atomic mass is 10.0. The van der Waals surface area contributed by atoms with Crippen LogP contribution >= 0.6 is 0 Å². The molecule has 1 heterocycles. The number of halogens is 1. The van der Waals surface area contributed by atoms with Gasteiger partial charge in [-0.1, -0.05) is 24.3 Å². The molecule has 0 unspecified atom stereocenters. The van der Waals surface area contributed by atoms with Crippen molar-refractivity contribution in [1.82, 2.24) is 9.80 Å². The van der Waals surface area contributed by atoms with E-state index in [1.54, 1.807) is 34.1 Å². The molecule has 2 amide bonds. The van der Waals surface area contributed by atoms with Crippen LogP contribution in [0.1, 0.15) is 32.7 Å². The van der Waals surface area contributed by atoms with Crippen LogP contribution in [0.2, 0.25) is 0 Å². The maximum atomic E-state index is 13.3. The van der Waals surface area contributed by atoms with Gasteiger partial charge >= 0.3 is 5.97 Å². The highest BCUT2D eigenvalue weighted by atomic mass is 19.1. The first-order valence-electron chi connectivity index (χ1n) is 9.09. The van der Waals surface area contributed by atoms with Gasteiger partial charge in [0.15, 0.2) is 0 Å². The summed E-state index contributed by atoms with van der Waals surface area (Å²) in [5.41, 5.74) is 1.13. The molecule has 0 aromatic heterocycles. The Kier molecular flexibility index (Phi) is 6.03. The van der Waals surface area contributed by atoms with E-state index < -0.39 is 11.8 Å². The summed E-state index contributed by atoms with van der Waals surface area (Å²) in [4.78, 5) is 39.4. The zero-order valence-electron chi connectivity index (χ0n) is 15.3. The Morgan fingerprint density at radius 1 is 0.929 bits per heavy atom. The number of carboxylic acid groups (broad SMARTS) is 1. The topological polar surface area (TPSA) is 77.9 Å². The van der Waals surface area contributed by atoms with Crippen molar-refractivity contribution in [2.45, 2.75) is 12.8 Å². The molecule has 0 bridgehead atoms. The van der Waals surface area contributed by atoms with Gasteiger partial charge in [-0.05, 0) is 36.2 Å². The molecule has 28 heavy (non-hydrogen) atoms. The van der Waals surface area contributed by atoms with Crippen LogP contribution in [0.15, 0.2) is 48.5 Å². The summed E-state index contributed by atoms with van der Waals surface area (Å²) >= 11 is 0. The second-order valence-electron chi connectivity index (χ2n) is 6.65. The molecule has 1 aliphatic rings. The molecule has 2 aromatic rings. The smallest absolute Gasteiger partial charge is 0.335 e. The molecule has 3 rings (SSSR count). The Labute approximate surface area is 162 Å². The van der Waals surface area contributed by atoms with E-state index in [0.717, 1.165) is 0 Å². The third-order valence-electron chi connectivity index (χ3n) is 4.85. The van der Waals surface area contributed by atoms with Gasteiger partial charge < -0.3 is 14.9 Å². The zero-order valence-corrected chi connectivity index (χ0v) is 15.3. The van der Waals surface area contributed by atoms with Crippen LogP contribution in [-0.4, -0.2) is 58.9 Å². The number of benzene rings is 2. The lowest BCUT2D eigenvalue weighted by molar-refractivity contribution is -0.132. The monoisotopic (exact) mass is 384 g/mol. The minimum absolute atomic E-state index is 0.0713. The Balaban J connectivity index is 1.53. The summed E-state index contributed by atoms with van der Waals surface area (Å²) in [5.74, 6) is -1.78. The lowest BCUT2D eigenvalue weighted by Gasteiger charge is -2.35. The van der Waals surface area contributed by atoms with Crippen molar-refractivity contribution < 1.29 is 23.9 Å². The van der Waals surface area contributed by atoms with Crippen molar-refractivity contribution in [1.29, 1.82) is 0 Å². The van der Waals surface area contributed by atoms with E-state index in [4.69, 9.17) is 0 Å². The van der Waals surface area contributed by atoms with Crippen LogP contribution < -0.4 is 0 Å². The van der Waals surface area contributed by atoms with E-state index in [0.29, 0.717) is 43.7 Å². The van der Waals surface area contributed by atoms with E-state index in [2.05, 4.69) is 0 Å². The second kappa shape index (κ2) is 8.65. The summed E-state index contributed by atoms with van der Waals surface area (Å²) in [6, 6.07) is 12.2. The third-order valence-corrected chi connectivity index (χ3v) is 4.85. The number of hydrogen-bond donors (Lipinski definition) is 1. The van der Waals surface area contributed by atoms with Crippen molar-refractivity contribution in [2.75, 3.05) is 26.2 Å². The fourth-order valence-corrected chi connectivity index (χ4v) is 3.31. The molecular formula is C21H21FN2O4. The highest BCUT2D eigenvalue weighted by Gasteiger charge is 2.25. The van der Waals surface area contributed by atoms with E-state index in [1.807, 2.05) is 0 Å². The van der Waals surface area contributed by atoms with Crippen molar-refractivity contribution in [2.24, 2.45) is 0 Å². The summed E-state index contributed by atoms with van der Waals surface area (Å²) in [7, 11) is 0. The van der Waals surface area contributed by atoms with Crippen LogP contribution in [0.4, 0.5) is 4.39 Å². The average Bonchev–Trinajstić information content (AvgIpc) is 2.71. The number of amides is 2. The standard InChI is InChI=1S/C21H21FN2O4/c22-17-6-3-5-16(14-17)20(26)24-12-10-23(11-13-24)19(25)9-8-15-4-1-2-7-18(15)21(27)28/h1-7,14H,8-13H2,(H,27,28).